The molecule has 1 atom stereocenters. The van der Waals surface area contributed by atoms with Gasteiger partial charge in [-0.1, -0.05) is 18.2 Å². The maximum atomic E-state index is 12.2. The van der Waals surface area contributed by atoms with Crippen molar-refractivity contribution in [2.75, 3.05) is 0 Å². The van der Waals surface area contributed by atoms with Gasteiger partial charge < -0.3 is 10.3 Å². The number of benzene rings is 1. The van der Waals surface area contributed by atoms with Crippen LogP contribution in [0.25, 0.3) is 10.9 Å². The highest BCUT2D eigenvalue weighted by Crippen LogP contribution is 2.18. The minimum atomic E-state index is -0.0450. The molecule has 3 aromatic rings. The van der Waals surface area contributed by atoms with Crippen molar-refractivity contribution in [3.63, 3.8) is 0 Å². The van der Waals surface area contributed by atoms with E-state index in [1.54, 1.807) is 10.9 Å². The predicted octanol–water partition coefficient (Wildman–Crippen LogP) is 2.32. The third-order valence-electron chi connectivity index (χ3n) is 3.63. The van der Waals surface area contributed by atoms with E-state index >= 15 is 0 Å². The largest absolute Gasteiger partial charge is 0.361 e. The van der Waals surface area contributed by atoms with E-state index in [1.165, 1.54) is 0 Å². The van der Waals surface area contributed by atoms with Crippen LogP contribution in [0.15, 0.2) is 42.9 Å². The first-order valence-corrected chi connectivity index (χ1v) is 6.96. The Kier molecular flexibility index (Phi) is 3.48. The van der Waals surface area contributed by atoms with Crippen molar-refractivity contribution in [1.82, 2.24) is 20.1 Å². The number of H-pyrrole nitrogens is 1. The van der Waals surface area contributed by atoms with Gasteiger partial charge in [0.05, 0.1) is 18.7 Å². The van der Waals surface area contributed by atoms with Crippen molar-refractivity contribution < 1.29 is 4.79 Å². The molecule has 5 heteroatoms. The van der Waals surface area contributed by atoms with Crippen molar-refractivity contribution in [3.8, 4) is 0 Å². The molecular weight excluding hydrogens is 264 g/mol. The second-order valence-electron chi connectivity index (χ2n) is 5.27. The lowest BCUT2D eigenvalue weighted by atomic mass is 10.1. The molecule has 0 saturated heterocycles. The summed E-state index contributed by atoms with van der Waals surface area (Å²) in [6.45, 7) is 1.96. The van der Waals surface area contributed by atoms with Gasteiger partial charge in [-0.15, -0.1) is 0 Å². The number of aromatic amines is 1. The molecule has 2 N–H and O–H groups in total. The van der Waals surface area contributed by atoms with E-state index in [1.807, 2.05) is 50.6 Å². The summed E-state index contributed by atoms with van der Waals surface area (Å²) in [5.41, 5.74) is 3.08. The smallest absolute Gasteiger partial charge is 0.224 e. The van der Waals surface area contributed by atoms with Gasteiger partial charge in [0.1, 0.15) is 0 Å². The molecule has 2 heterocycles. The summed E-state index contributed by atoms with van der Waals surface area (Å²) >= 11 is 0. The molecule has 0 spiro atoms. The molecular formula is C16H18N4O. The van der Waals surface area contributed by atoms with Crippen LogP contribution in [-0.4, -0.2) is 20.7 Å². The Hall–Kier alpha value is -2.56. The number of hydrogen-bond donors (Lipinski definition) is 2. The number of hydrogen-bond acceptors (Lipinski definition) is 2. The van der Waals surface area contributed by atoms with Crippen LogP contribution in [0.5, 0.6) is 0 Å². The SMILES string of the molecule is C[C@H](NC(=O)Cc1c[nH]c2ccccc12)c1cnn(C)c1. The summed E-state index contributed by atoms with van der Waals surface area (Å²) < 4.78 is 1.73. The number of para-hydroxylation sites is 1. The number of rotatable bonds is 4. The van der Waals surface area contributed by atoms with E-state index in [0.717, 1.165) is 22.0 Å². The topological polar surface area (TPSA) is 62.7 Å². The van der Waals surface area contributed by atoms with Gasteiger partial charge in [0.15, 0.2) is 0 Å². The van der Waals surface area contributed by atoms with Crippen molar-refractivity contribution in [3.05, 3.63) is 54.0 Å². The summed E-state index contributed by atoms with van der Waals surface area (Å²) in [5, 5.41) is 8.23. The molecule has 0 saturated carbocycles. The zero-order valence-electron chi connectivity index (χ0n) is 12.1. The number of carbonyl (C=O) groups is 1. The first kappa shape index (κ1) is 13.4. The standard InChI is InChI=1S/C16H18N4O/c1-11(13-9-18-20(2)10-13)19-16(21)7-12-8-17-15-6-4-3-5-14(12)15/h3-6,8-11,17H,7H2,1-2H3,(H,19,21)/t11-/m0/s1. The number of nitrogens with one attached hydrogen (secondary N) is 2. The third kappa shape index (κ3) is 2.81. The summed E-state index contributed by atoms with van der Waals surface area (Å²) in [6, 6.07) is 7.95. The third-order valence-corrected chi connectivity index (χ3v) is 3.63. The van der Waals surface area contributed by atoms with Crippen LogP contribution in [0, 0.1) is 0 Å². The van der Waals surface area contributed by atoms with Crippen LogP contribution in [0.2, 0.25) is 0 Å². The van der Waals surface area contributed by atoms with E-state index in [2.05, 4.69) is 15.4 Å². The Balaban J connectivity index is 1.69. The number of amides is 1. The molecule has 1 aromatic carbocycles. The highest BCUT2D eigenvalue weighted by molar-refractivity contribution is 5.88. The van der Waals surface area contributed by atoms with Gasteiger partial charge in [-0.3, -0.25) is 9.48 Å². The second-order valence-corrected chi connectivity index (χ2v) is 5.27. The first-order chi connectivity index (χ1) is 10.1. The fraction of sp³-hybridized carbons (Fsp3) is 0.250. The Morgan fingerprint density at radius 2 is 2.24 bits per heavy atom. The molecule has 5 nitrogen and oxygen atoms in total. The van der Waals surface area contributed by atoms with Crippen molar-refractivity contribution >= 4 is 16.8 Å². The molecule has 108 valence electrons. The molecule has 0 aliphatic carbocycles. The van der Waals surface area contributed by atoms with Crippen LogP contribution in [0.4, 0.5) is 0 Å². The first-order valence-electron chi connectivity index (χ1n) is 6.96. The number of nitrogens with zero attached hydrogens (tertiary/aromatic N) is 2. The number of aryl methyl sites for hydroxylation is 1. The molecule has 0 aliphatic rings. The van der Waals surface area contributed by atoms with Gasteiger partial charge in [0, 0.05) is 35.9 Å². The molecule has 3 rings (SSSR count). The lowest BCUT2D eigenvalue weighted by Crippen LogP contribution is -2.27. The predicted molar refractivity (Wildman–Crippen MR) is 81.8 cm³/mol. The zero-order valence-corrected chi connectivity index (χ0v) is 12.1. The number of fused-ring (bicyclic) bond motifs is 1. The van der Waals surface area contributed by atoms with E-state index in [4.69, 9.17) is 0 Å². The minimum Gasteiger partial charge on any atom is -0.361 e. The van der Waals surface area contributed by atoms with Crippen molar-refractivity contribution in [2.24, 2.45) is 7.05 Å². The van der Waals surface area contributed by atoms with Gasteiger partial charge in [-0.05, 0) is 18.6 Å². The molecule has 2 aromatic heterocycles. The van der Waals surface area contributed by atoms with Gasteiger partial charge in [-0.25, -0.2) is 0 Å². The molecule has 1 amide bonds. The highest BCUT2D eigenvalue weighted by Gasteiger charge is 2.13. The Bertz CT molecular complexity index is 771. The van der Waals surface area contributed by atoms with Crippen LogP contribution in [0.1, 0.15) is 24.1 Å². The van der Waals surface area contributed by atoms with Crippen LogP contribution in [-0.2, 0) is 18.3 Å². The fourth-order valence-electron chi connectivity index (χ4n) is 2.49. The monoisotopic (exact) mass is 282 g/mol. The summed E-state index contributed by atoms with van der Waals surface area (Å²) in [5.74, 6) is 0.0103. The van der Waals surface area contributed by atoms with E-state index in [9.17, 15) is 4.79 Å². The Morgan fingerprint density at radius 1 is 1.43 bits per heavy atom. The number of aromatic nitrogens is 3. The second kappa shape index (κ2) is 5.44. The van der Waals surface area contributed by atoms with Gasteiger partial charge in [0.2, 0.25) is 5.91 Å². The Morgan fingerprint density at radius 3 is 3.00 bits per heavy atom. The molecule has 0 bridgehead atoms. The normalized spacial score (nSPS) is 12.5. The maximum Gasteiger partial charge on any atom is 0.224 e. The molecule has 0 radical (unpaired) electrons. The van der Waals surface area contributed by atoms with Crippen LogP contribution in [0.3, 0.4) is 0 Å². The molecule has 0 fully saturated rings. The lowest BCUT2D eigenvalue weighted by Gasteiger charge is -2.11. The van der Waals surface area contributed by atoms with Crippen LogP contribution < -0.4 is 5.32 Å². The van der Waals surface area contributed by atoms with E-state index in [0.29, 0.717) is 6.42 Å². The van der Waals surface area contributed by atoms with E-state index in [-0.39, 0.29) is 11.9 Å². The fourth-order valence-corrected chi connectivity index (χ4v) is 2.49. The molecule has 21 heavy (non-hydrogen) atoms. The lowest BCUT2D eigenvalue weighted by molar-refractivity contribution is -0.121. The Labute approximate surface area is 123 Å². The summed E-state index contributed by atoms with van der Waals surface area (Å²) in [7, 11) is 1.87. The summed E-state index contributed by atoms with van der Waals surface area (Å²) in [4.78, 5) is 15.4. The minimum absolute atomic E-state index is 0.0103. The molecule has 0 aliphatic heterocycles. The molecule has 0 unspecified atom stereocenters. The zero-order chi connectivity index (χ0) is 14.8. The van der Waals surface area contributed by atoms with E-state index < -0.39 is 0 Å². The van der Waals surface area contributed by atoms with Gasteiger partial charge in [-0.2, -0.15) is 5.10 Å². The van der Waals surface area contributed by atoms with Gasteiger partial charge >= 0.3 is 0 Å². The van der Waals surface area contributed by atoms with Crippen molar-refractivity contribution in [2.45, 2.75) is 19.4 Å². The van der Waals surface area contributed by atoms with Crippen molar-refractivity contribution in [1.29, 1.82) is 0 Å². The quantitative estimate of drug-likeness (QED) is 0.771. The highest BCUT2D eigenvalue weighted by atomic mass is 16.1. The van der Waals surface area contributed by atoms with Gasteiger partial charge in [0.25, 0.3) is 0 Å². The average Bonchev–Trinajstić information content (AvgIpc) is 3.06. The average molecular weight is 282 g/mol. The number of carbonyl (C=O) groups excluding carboxylic acids is 1. The van der Waals surface area contributed by atoms with Crippen LogP contribution >= 0.6 is 0 Å². The summed E-state index contributed by atoms with van der Waals surface area (Å²) in [6.07, 6.45) is 5.96. The maximum absolute atomic E-state index is 12.2.